The number of furan rings is 2. The van der Waals surface area contributed by atoms with Crippen molar-refractivity contribution in [1.29, 1.82) is 0 Å². The van der Waals surface area contributed by atoms with Gasteiger partial charge >= 0.3 is 0 Å². The van der Waals surface area contributed by atoms with E-state index in [1.54, 1.807) is 6.07 Å². The molecule has 6 nitrogen and oxygen atoms in total. The third-order valence-electron chi connectivity index (χ3n) is 10.6. The van der Waals surface area contributed by atoms with Gasteiger partial charge < -0.3 is 13.9 Å². The number of phenolic OH excluding ortho intramolecular Hbond substituents is 1. The zero-order chi connectivity index (χ0) is 36.7. The Balaban J connectivity index is 0.00000397. The van der Waals surface area contributed by atoms with E-state index in [4.69, 9.17) is 18.8 Å². The number of hydrogen-bond donors (Lipinski definition) is 1. The molecule has 0 aliphatic carbocycles. The Morgan fingerprint density at radius 3 is 2.05 bits per heavy atom. The Morgan fingerprint density at radius 2 is 1.31 bits per heavy atom. The first-order chi connectivity index (χ1) is 26.4. The second-order valence-electron chi connectivity index (χ2n) is 14.6. The molecular weight excluding hydrogens is 862 g/mol. The topological polar surface area (TPSA) is 77.2 Å². The maximum atomic E-state index is 11.8. The predicted molar refractivity (Wildman–Crippen MR) is 218 cm³/mol. The van der Waals surface area contributed by atoms with Crippen LogP contribution in [0.15, 0.2) is 136 Å². The maximum Gasteiger partial charge on any atom is 0.149 e. The molecular formula is C48H36N3O3Pt-. The molecule has 0 radical (unpaired) electrons. The van der Waals surface area contributed by atoms with Gasteiger partial charge in [0.2, 0.25) is 0 Å². The van der Waals surface area contributed by atoms with E-state index in [0.29, 0.717) is 22.7 Å². The zero-order valence-corrected chi connectivity index (χ0v) is 33.0. The van der Waals surface area contributed by atoms with Crippen molar-refractivity contribution in [2.75, 3.05) is 0 Å². The summed E-state index contributed by atoms with van der Waals surface area (Å²) in [6.07, 6.45) is 2.09. The molecule has 4 heterocycles. The van der Waals surface area contributed by atoms with Crippen LogP contribution in [0.5, 0.6) is 5.75 Å². The smallest absolute Gasteiger partial charge is 0.149 e. The summed E-state index contributed by atoms with van der Waals surface area (Å²) in [5.41, 5.74) is 9.97. The Kier molecular flexibility index (Phi) is 8.47. The number of pyridine rings is 1. The van der Waals surface area contributed by atoms with Gasteiger partial charge in [-0.05, 0) is 58.3 Å². The molecule has 0 aliphatic heterocycles. The third-order valence-corrected chi connectivity index (χ3v) is 10.6. The van der Waals surface area contributed by atoms with Crippen molar-refractivity contribution in [2.24, 2.45) is 0 Å². The molecule has 272 valence electrons. The van der Waals surface area contributed by atoms with Gasteiger partial charge in [-0.2, -0.15) is 0 Å². The van der Waals surface area contributed by atoms with Crippen LogP contribution in [0, 0.1) is 6.07 Å². The zero-order valence-electron chi connectivity index (χ0n) is 30.7. The van der Waals surface area contributed by atoms with E-state index < -0.39 is 0 Å². The van der Waals surface area contributed by atoms with E-state index >= 15 is 0 Å². The molecule has 6 aromatic carbocycles. The molecule has 1 N–H and O–H groups in total. The summed E-state index contributed by atoms with van der Waals surface area (Å²) in [5, 5.41) is 17.6. The SMILES string of the molecule is CC(C)c1cccc(C(C)C)c1-n1cc(-c2nc(-c3[c-]ccc4c3oc3ccccc34)cc3ccccc23)nc1-c1c(O)ccc2oc3ccccc3c12.[Pt]. The second kappa shape index (κ2) is 13.4. The van der Waals surface area contributed by atoms with Crippen molar-refractivity contribution in [2.45, 2.75) is 39.5 Å². The van der Waals surface area contributed by atoms with Crippen LogP contribution in [0.3, 0.4) is 0 Å². The van der Waals surface area contributed by atoms with Gasteiger partial charge in [0.15, 0.2) is 0 Å². The molecule has 0 saturated carbocycles. The number of rotatable bonds is 6. The van der Waals surface area contributed by atoms with Crippen LogP contribution in [0.25, 0.3) is 94.4 Å². The average Bonchev–Trinajstić information content (AvgIpc) is 3.91. The fourth-order valence-corrected chi connectivity index (χ4v) is 8.07. The number of nitrogens with zero attached hydrogens (tertiary/aromatic N) is 3. The molecule has 4 aromatic heterocycles. The van der Waals surface area contributed by atoms with E-state index in [1.807, 2.05) is 72.8 Å². The number of aromatic hydroxyl groups is 1. The second-order valence-corrected chi connectivity index (χ2v) is 14.6. The first kappa shape index (κ1) is 34.8. The summed E-state index contributed by atoms with van der Waals surface area (Å²) < 4.78 is 15.0. The quantitative estimate of drug-likeness (QED) is 0.168. The molecule has 55 heavy (non-hydrogen) atoms. The fourth-order valence-electron chi connectivity index (χ4n) is 8.07. The summed E-state index contributed by atoms with van der Waals surface area (Å²) >= 11 is 0. The number of hydrogen-bond acceptors (Lipinski definition) is 5. The molecule has 0 bridgehead atoms. The van der Waals surface area contributed by atoms with Crippen LogP contribution in [0.1, 0.15) is 50.7 Å². The number of aromatic nitrogens is 3. The van der Waals surface area contributed by atoms with Gasteiger partial charge in [0.05, 0.1) is 22.5 Å². The molecule has 10 rings (SSSR count). The maximum absolute atomic E-state index is 11.8. The summed E-state index contributed by atoms with van der Waals surface area (Å²) in [5.74, 6) is 1.17. The largest absolute Gasteiger partial charge is 0.507 e. The third kappa shape index (κ3) is 5.50. The van der Waals surface area contributed by atoms with Crippen LogP contribution in [0.2, 0.25) is 0 Å². The van der Waals surface area contributed by atoms with E-state index in [2.05, 4.69) is 87.0 Å². The first-order valence-corrected chi connectivity index (χ1v) is 18.4. The Labute approximate surface area is 332 Å². The summed E-state index contributed by atoms with van der Waals surface area (Å²) in [6.45, 7) is 8.87. The van der Waals surface area contributed by atoms with Crippen LogP contribution in [0.4, 0.5) is 0 Å². The van der Waals surface area contributed by atoms with Crippen molar-refractivity contribution in [3.63, 3.8) is 0 Å². The van der Waals surface area contributed by atoms with Crippen molar-refractivity contribution in [1.82, 2.24) is 14.5 Å². The average molecular weight is 898 g/mol. The Hall–Kier alpha value is -5.97. The van der Waals surface area contributed by atoms with E-state index in [-0.39, 0.29) is 38.7 Å². The standard InChI is InChI=1S/C48H36N3O3.Pt/c1-27(2)30-17-11-18-31(28(3)4)46(30)51-26-38(50-48(51)44-39(52)23-24-42-43(44)36-16-8-10-22-41(36)53-42)45-32-14-6-5-13-29(32)25-37(49-45)35-20-12-19-34-33-15-7-9-21-40(33)54-47(34)35;/h5-19,21-28,52H,1-4H3;/q-1;. The summed E-state index contributed by atoms with van der Waals surface area (Å²) in [6, 6.07) is 43.9. The van der Waals surface area contributed by atoms with Gasteiger partial charge in [0, 0.05) is 48.8 Å². The molecule has 0 saturated heterocycles. The Morgan fingerprint density at radius 1 is 0.636 bits per heavy atom. The molecule has 0 amide bonds. The number of para-hydroxylation sites is 3. The van der Waals surface area contributed by atoms with Gasteiger partial charge in [0.1, 0.15) is 34.0 Å². The van der Waals surface area contributed by atoms with E-state index in [0.717, 1.165) is 71.7 Å². The van der Waals surface area contributed by atoms with Gasteiger partial charge in [-0.3, -0.25) is 9.55 Å². The van der Waals surface area contributed by atoms with Crippen molar-refractivity contribution < 1.29 is 35.0 Å². The minimum absolute atomic E-state index is 0. The number of imidazole rings is 1. The predicted octanol–water partition coefficient (Wildman–Crippen LogP) is 13.0. The van der Waals surface area contributed by atoms with E-state index in [9.17, 15) is 5.11 Å². The van der Waals surface area contributed by atoms with Crippen molar-refractivity contribution in [3.05, 3.63) is 145 Å². The molecule has 0 aliphatic rings. The van der Waals surface area contributed by atoms with Crippen LogP contribution in [-0.2, 0) is 21.1 Å². The molecule has 0 spiro atoms. The summed E-state index contributed by atoms with van der Waals surface area (Å²) in [4.78, 5) is 10.9. The minimum atomic E-state index is 0. The fraction of sp³-hybridized carbons (Fsp3) is 0.125. The molecule has 0 atom stereocenters. The van der Waals surface area contributed by atoms with Crippen LogP contribution >= 0.6 is 0 Å². The molecule has 10 aromatic rings. The van der Waals surface area contributed by atoms with Gasteiger partial charge in [-0.15, -0.1) is 18.2 Å². The van der Waals surface area contributed by atoms with Crippen LogP contribution < -0.4 is 0 Å². The van der Waals surface area contributed by atoms with Gasteiger partial charge in [-0.25, -0.2) is 4.98 Å². The molecule has 0 unspecified atom stereocenters. The normalized spacial score (nSPS) is 11.9. The van der Waals surface area contributed by atoms with E-state index in [1.165, 1.54) is 11.1 Å². The number of benzene rings is 6. The first-order valence-electron chi connectivity index (χ1n) is 18.4. The minimum Gasteiger partial charge on any atom is -0.507 e. The van der Waals surface area contributed by atoms with Crippen molar-refractivity contribution in [3.8, 4) is 45.5 Å². The number of phenols is 1. The van der Waals surface area contributed by atoms with Gasteiger partial charge in [0.25, 0.3) is 0 Å². The van der Waals surface area contributed by atoms with Gasteiger partial charge in [-0.1, -0.05) is 124 Å². The molecule has 7 heteroatoms. The molecule has 0 fully saturated rings. The van der Waals surface area contributed by atoms with Crippen LogP contribution in [-0.4, -0.2) is 19.6 Å². The monoisotopic (exact) mass is 897 g/mol. The Bertz CT molecular complexity index is 3070. The van der Waals surface area contributed by atoms with Crippen molar-refractivity contribution >= 4 is 54.6 Å². The number of fused-ring (bicyclic) bond motifs is 7. The summed E-state index contributed by atoms with van der Waals surface area (Å²) in [7, 11) is 0.